The second-order valence-corrected chi connectivity index (χ2v) is 4.81. The van der Waals surface area contributed by atoms with Crippen molar-refractivity contribution in [2.45, 2.75) is 32.2 Å². The topological polar surface area (TPSA) is 49.3 Å². The molecule has 1 atom stereocenters. The highest BCUT2D eigenvalue weighted by Gasteiger charge is 2.16. The standard InChI is InChI=1S/C15H19NO2/c1-11(15(17)18)8-9-16-14-7-6-12-4-2-3-5-13(12)10-14/h2-5,8,14,16H,6-7,9-10H2,1H3,(H,17,18)/b11-8-. The first-order valence-electron chi connectivity index (χ1n) is 6.37. The molecule has 18 heavy (non-hydrogen) atoms. The Balaban J connectivity index is 1.87. The summed E-state index contributed by atoms with van der Waals surface area (Å²) in [5.74, 6) is -0.842. The molecule has 2 N–H and O–H groups in total. The smallest absolute Gasteiger partial charge is 0.330 e. The van der Waals surface area contributed by atoms with Crippen LogP contribution in [0, 0.1) is 0 Å². The molecule has 2 rings (SSSR count). The molecule has 0 fully saturated rings. The molecule has 1 aliphatic rings. The van der Waals surface area contributed by atoms with Crippen LogP contribution in [0.3, 0.4) is 0 Å². The monoisotopic (exact) mass is 245 g/mol. The van der Waals surface area contributed by atoms with Gasteiger partial charge in [-0.2, -0.15) is 0 Å². The molecule has 1 aromatic rings. The Hall–Kier alpha value is -1.61. The minimum Gasteiger partial charge on any atom is -0.478 e. The highest BCUT2D eigenvalue weighted by Crippen LogP contribution is 2.20. The lowest BCUT2D eigenvalue weighted by Crippen LogP contribution is -2.34. The van der Waals surface area contributed by atoms with Crippen molar-refractivity contribution in [2.24, 2.45) is 0 Å². The minimum absolute atomic E-state index is 0.402. The number of benzene rings is 1. The maximum Gasteiger partial charge on any atom is 0.330 e. The van der Waals surface area contributed by atoms with Gasteiger partial charge >= 0.3 is 5.97 Å². The van der Waals surface area contributed by atoms with Gasteiger partial charge in [-0.15, -0.1) is 0 Å². The molecule has 1 aromatic carbocycles. The third kappa shape index (κ3) is 3.20. The van der Waals surface area contributed by atoms with Crippen molar-refractivity contribution >= 4 is 5.97 Å². The molecular weight excluding hydrogens is 226 g/mol. The normalized spacial score (nSPS) is 19.4. The molecule has 1 aliphatic carbocycles. The van der Waals surface area contributed by atoms with Crippen molar-refractivity contribution in [1.82, 2.24) is 5.32 Å². The molecule has 0 aromatic heterocycles. The number of carboxylic acids is 1. The van der Waals surface area contributed by atoms with Gasteiger partial charge in [0.2, 0.25) is 0 Å². The summed E-state index contributed by atoms with van der Waals surface area (Å²) in [5.41, 5.74) is 3.27. The van der Waals surface area contributed by atoms with E-state index in [1.54, 1.807) is 13.0 Å². The molecule has 0 saturated heterocycles. The quantitative estimate of drug-likeness (QED) is 0.799. The van der Waals surface area contributed by atoms with Crippen LogP contribution in [0.4, 0.5) is 0 Å². The number of fused-ring (bicyclic) bond motifs is 1. The molecule has 3 heteroatoms. The predicted octanol–water partition coefficient (Wildman–Crippen LogP) is 2.16. The molecule has 0 radical (unpaired) electrons. The van der Waals surface area contributed by atoms with Crippen LogP contribution in [0.25, 0.3) is 0 Å². The van der Waals surface area contributed by atoms with Crippen LogP contribution in [-0.2, 0) is 17.6 Å². The molecule has 0 spiro atoms. The fourth-order valence-electron chi connectivity index (χ4n) is 2.34. The predicted molar refractivity (Wildman–Crippen MR) is 71.7 cm³/mol. The summed E-state index contributed by atoms with van der Waals surface area (Å²) in [6.45, 7) is 2.26. The summed E-state index contributed by atoms with van der Waals surface area (Å²) in [6.07, 6.45) is 5.01. The first-order valence-corrected chi connectivity index (χ1v) is 6.37. The maximum atomic E-state index is 10.6. The van der Waals surface area contributed by atoms with Crippen LogP contribution >= 0.6 is 0 Å². The second kappa shape index (κ2) is 5.83. The van der Waals surface area contributed by atoms with Gasteiger partial charge in [0, 0.05) is 18.2 Å². The van der Waals surface area contributed by atoms with Crippen molar-refractivity contribution in [3.63, 3.8) is 0 Å². The van der Waals surface area contributed by atoms with Crippen LogP contribution < -0.4 is 5.32 Å². The molecule has 96 valence electrons. The summed E-state index contributed by atoms with van der Waals surface area (Å²) in [7, 11) is 0. The molecular formula is C15H19NO2. The number of carbonyl (C=O) groups is 1. The summed E-state index contributed by atoms with van der Waals surface area (Å²) in [6, 6.07) is 9.00. The number of rotatable bonds is 4. The van der Waals surface area contributed by atoms with E-state index in [0.29, 0.717) is 18.2 Å². The van der Waals surface area contributed by atoms with Gasteiger partial charge in [0.1, 0.15) is 0 Å². The van der Waals surface area contributed by atoms with E-state index in [4.69, 9.17) is 5.11 Å². The average Bonchev–Trinajstić information content (AvgIpc) is 2.38. The van der Waals surface area contributed by atoms with E-state index >= 15 is 0 Å². The Morgan fingerprint density at radius 1 is 1.44 bits per heavy atom. The van der Waals surface area contributed by atoms with E-state index in [9.17, 15) is 4.79 Å². The second-order valence-electron chi connectivity index (χ2n) is 4.81. The van der Waals surface area contributed by atoms with Gasteiger partial charge in [-0.25, -0.2) is 4.79 Å². The summed E-state index contributed by atoms with van der Waals surface area (Å²) in [4.78, 5) is 10.6. The lowest BCUT2D eigenvalue weighted by atomic mass is 9.88. The Morgan fingerprint density at radius 3 is 2.89 bits per heavy atom. The number of aliphatic carboxylic acids is 1. The maximum absolute atomic E-state index is 10.6. The zero-order valence-corrected chi connectivity index (χ0v) is 10.6. The number of nitrogens with one attached hydrogen (secondary N) is 1. The Bertz CT molecular complexity index is 465. The Morgan fingerprint density at radius 2 is 2.17 bits per heavy atom. The van der Waals surface area contributed by atoms with Gasteiger partial charge in [-0.3, -0.25) is 0 Å². The molecule has 0 bridgehead atoms. The number of aryl methyl sites for hydroxylation is 1. The average molecular weight is 245 g/mol. The fourth-order valence-corrected chi connectivity index (χ4v) is 2.34. The van der Waals surface area contributed by atoms with Crippen molar-refractivity contribution < 1.29 is 9.90 Å². The van der Waals surface area contributed by atoms with Crippen LogP contribution in [-0.4, -0.2) is 23.7 Å². The van der Waals surface area contributed by atoms with Gasteiger partial charge in [0.25, 0.3) is 0 Å². The lowest BCUT2D eigenvalue weighted by Gasteiger charge is -2.25. The van der Waals surface area contributed by atoms with Gasteiger partial charge in [-0.1, -0.05) is 30.3 Å². The molecule has 0 heterocycles. The highest BCUT2D eigenvalue weighted by atomic mass is 16.4. The van der Waals surface area contributed by atoms with Crippen LogP contribution in [0.2, 0.25) is 0 Å². The van der Waals surface area contributed by atoms with Gasteiger partial charge < -0.3 is 10.4 Å². The van der Waals surface area contributed by atoms with E-state index in [1.807, 2.05) is 0 Å². The minimum atomic E-state index is -0.842. The van der Waals surface area contributed by atoms with Gasteiger partial charge in [-0.05, 0) is 37.3 Å². The zero-order chi connectivity index (χ0) is 13.0. The molecule has 0 saturated carbocycles. The fraction of sp³-hybridized carbons (Fsp3) is 0.400. The van der Waals surface area contributed by atoms with Crippen molar-refractivity contribution in [2.75, 3.05) is 6.54 Å². The largest absolute Gasteiger partial charge is 0.478 e. The van der Waals surface area contributed by atoms with Crippen molar-refractivity contribution in [3.05, 3.63) is 47.0 Å². The van der Waals surface area contributed by atoms with Crippen molar-refractivity contribution in [3.8, 4) is 0 Å². The molecule has 1 unspecified atom stereocenters. The highest BCUT2D eigenvalue weighted by molar-refractivity contribution is 5.85. The number of hydrogen-bond acceptors (Lipinski definition) is 2. The number of hydrogen-bond donors (Lipinski definition) is 2. The zero-order valence-electron chi connectivity index (χ0n) is 10.6. The van der Waals surface area contributed by atoms with E-state index in [-0.39, 0.29) is 0 Å². The first-order chi connectivity index (χ1) is 8.66. The summed E-state index contributed by atoms with van der Waals surface area (Å²) < 4.78 is 0. The van der Waals surface area contributed by atoms with Gasteiger partial charge in [0.15, 0.2) is 0 Å². The van der Waals surface area contributed by atoms with E-state index in [0.717, 1.165) is 19.3 Å². The van der Waals surface area contributed by atoms with Crippen LogP contribution in [0.1, 0.15) is 24.5 Å². The molecule has 0 aliphatic heterocycles. The summed E-state index contributed by atoms with van der Waals surface area (Å²) >= 11 is 0. The third-order valence-corrected chi connectivity index (χ3v) is 3.50. The van der Waals surface area contributed by atoms with E-state index in [2.05, 4.69) is 29.6 Å². The van der Waals surface area contributed by atoms with Crippen LogP contribution in [0.15, 0.2) is 35.9 Å². The Labute approximate surface area is 108 Å². The van der Waals surface area contributed by atoms with E-state index < -0.39 is 5.97 Å². The number of carboxylic acid groups (broad SMARTS) is 1. The Kier molecular flexibility index (Phi) is 4.15. The van der Waals surface area contributed by atoms with Crippen molar-refractivity contribution in [1.29, 1.82) is 0 Å². The first kappa shape index (κ1) is 12.8. The lowest BCUT2D eigenvalue weighted by molar-refractivity contribution is -0.132. The molecule has 3 nitrogen and oxygen atoms in total. The van der Waals surface area contributed by atoms with Crippen LogP contribution in [0.5, 0.6) is 0 Å². The van der Waals surface area contributed by atoms with Gasteiger partial charge in [0.05, 0.1) is 0 Å². The summed E-state index contributed by atoms with van der Waals surface area (Å²) in [5, 5.41) is 12.2. The third-order valence-electron chi connectivity index (χ3n) is 3.50. The van der Waals surface area contributed by atoms with E-state index in [1.165, 1.54) is 11.1 Å². The SMILES string of the molecule is C/C(=C/CNC1CCc2ccccc2C1)C(=O)O. The molecule has 0 amide bonds.